The second-order valence-electron chi connectivity index (χ2n) is 5.55. The molecule has 5 heteroatoms. The van der Waals surface area contributed by atoms with Crippen molar-refractivity contribution in [2.45, 2.75) is 19.8 Å². The number of nitrogens with one attached hydrogen (secondary N) is 1. The van der Waals surface area contributed by atoms with Crippen LogP contribution in [0.4, 0.5) is 4.39 Å². The van der Waals surface area contributed by atoms with Crippen LogP contribution < -0.4 is 10.2 Å². The fraction of sp³-hybridized carbons (Fsp3) is 0.211. The number of benzene rings is 2. The van der Waals surface area contributed by atoms with Crippen LogP contribution in [-0.2, 0) is 11.3 Å². The standard InChI is InChI=1S/C19H18FNO3/c1-12-13-7-5-9-17(14(13)10-11-18(12)23-2)21-24-19(22)15-6-3-4-8-16(15)20/h3-4,6,8-11,21H,5,7H2,1-2H3. The fourth-order valence-electron chi connectivity index (χ4n) is 2.88. The molecule has 0 atom stereocenters. The molecule has 0 unspecified atom stereocenters. The molecule has 1 aliphatic carbocycles. The highest BCUT2D eigenvalue weighted by Crippen LogP contribution is 2.32. The highest BCUT2D eigenvalue weighted by Gasteiger charge is 2.19. The summed E-state index contributed by atoms with van der Waals surface area (Å²) >= 11 is 0. The lowest BCUT2D eigenvalue weighted by atomic mass is 9.91. The van der Waals surface area contributed by atoms with Crippen molar-refractivity contribution in [1.82, 2.24) is 5.48 Å². The number of hydroxylamine groups is 1. The molecule has 24 heavy (non-hydrogen) atoms. The van der Waals surface area contributed by atoms with Gasteiger partial charge in [0.15, 0.2) is 0 Å². The van der Waals surface area contributed by atoms with E-state index >= 15 is 0 Å². The number of carbonyl (C=O) groups is 1. The maximum absolute atomic E-state index is 13.6. The average molecular weight is 327 g/mol. The van der Waals surface area contributed by atoms with Crippen molar-refractivity contribution in [3.05, 3.63) is 70.5 Å². The Morgan fingerprint density at radius 3 is 2.75 bits per heavy atom. The van der Waals surface area contributed by atoms with Gasteiger partial charge in [0.05, 0.1) is 18.4 Å². The van der Waals surface area contributed by atoms with Crippen molar-refractivity contribution < 1.29 is 18.8 Å². The third kappa shape index (κ3) is 2.97. The lowest BCUT2D eigenvalue weighted by molar-refractivity contribution is 0.0362. The van der Waals surface area contributed by atoms with Crippen LogP contribution in [-0.4, -0.2) is 13.1 Å². The highest BCUT2D eigenvalue weighted by molar-refractivity contribution is 5.90. The number of fused-ring (bicyclic) bond motifs is 1. The van der Waals surface area contributed by atoms with E-state index in [0.29, 0.717) is 5.70 Å². The number of rotatable bonds is 4. The maximum atomic E-state index is 13.6. The SMILES string of the molecule is COc1ccc2c(c1C)CCC=C2NOC(=O)c1ccccc1F. The van der Waals surface area contributed by atoms with Crippen LogP contribution in [0, 0.1) is 12.7 Å². The van der Waals surface area contributed by atoms with Gasteiger partial charge >= 0.3 is 5.97 Å². The number of ether oxygens (including phenoxy) is 1. The predicted octanol–water partition coefficient (Wildman–Crippen LogP) is 3.79. The Bertz CT molecular complexity index is 814. The summed E-state index contributed by atoms with van der Waals surface area (Å²) in [7, 11) is 1.64. The third-order valence-corrected chi connectivity index (χ3v) is 4.15. The molecule has 1 aliphatic rings. The third-order valence-electron chi connectivity index (χ3n) is 4.15. The van der Waals surface area contributed by atoms with Crippen molar-refractivity contribution in [2.24, 2.45) is 0 Å². The van der Waals surface area contributed by atoms with Gasteiger partial charge in [-0.05, 0) is 55.2 Å². The van der Waals surface area contributed by atoms with Gasteiger partial charge < -0.3 is 9.57 Å². The van der Waals surface area contributed by atoms with E-state index in [1.165, 1.54) is 18.2 Å². The zero-order valence-electron chi connectivity index (χ0n) is 13.6. The van der Waals surface area contributed by atoms with Crippen LogP contribution in [0.15, 0.2) is 42.5 Å². The lowest BCUT2D eigenvalue weighted by Crippen LogP contribution is -2.22. The topological polar surface area (TPSA) is 47.6 Å². The van der Waals surface area contributed by atoms with Gasteiger partial charge in [-0.2, -0.15) is 0 Å². The Morgan fingerprint density at radius 1 is 1.21 bits per heavy atom. The molecular weight excluding hydrogens is 309 g/mol. The molecule has 0 fully saturated rings. The second kappa shape index (κ2) is 6.74. The summed E-state index contributed by atoms with van der Waals surface area (Å²) in [5.41, 5.74) is 6.45. The zero-order chi connectivity index (χ0) is 17.1. The van der Waals surface area contributed by atoms with E-state index in [1.807, 2.05) is 25.1 Å². The second-order valence-corrected chi connectivity index (χ2v) is 5.55. The van der Waals surface area contributed by atoms with E-state index in [1.54, 1.807) is 13.2 Å². The Hall–Kier alpha value is -2.82. The minimum Gasteiger partial charge on any atom is -0.496 e. The largest absolute Gasteiger partial charge is 0.496 e. The lowest BCUT2D eigenvalue weighted by Gasteiger charge is -2.21. The quantitative estimate of drug-likeness (QED) is 0.868. The summed E-state index contributed by atoms with van der Waals surface area (Å²) in [5.74, 6) is -0.535. The molecule has 3 rings (SSSR count). The maximum Gasteiger partial charge on any atom is 0.365 e. The number of methoxy groups -OCH3 is 1. The first-order valence-electron chi connectivity index (χ1n) is 7.70. The van der Waals surface area contributed by atoms with Gasteiger partial charge in [-0.25, -0.2) is 14.7 Å². The Morgan fingerprint density at radius 2 is 2.00 bits per heavy atom. The van der Waals surface area contributed by atoms with Crippen molar-refractivity contribution in [1.29, 1.82) is 0 Å². The predicted molar refractivity (Wildman–Crippen MR) is 89.0 cm³/mol. The first-order chi connectivity index (χ1) is 11.6. The fourth-order valence-corrected chi connectivity index (χ4v) is 2.88. The van der Waals surface area contributed by atoms with Crippen LogP contribution in [0.1, 0.15) is 33.5 Å². The molecule has 2 aromatic rings. The molecule has 0 aliphatic heterocycles. The highest BCUT2D eigenvalue weighted by atomic mass is 19.1. The van der Waals surface area contributed by atoms with Crippen LogP contribution in [0.2, 0.25) is 0 Å². The minimum absolute atomic E-state index is 0.104. The summed E-state index contributed by atoms with van der Waals surface area (Å²) in [5, 5.41) is 0. The van der Waals surface area contributed by atoms with Crippen molar-refractivity contribution in [3.8, 4) is 5.75 Å². The molecule has 0 saturated heterocycles. The van der Waals surface area contributed by atoms with Gasteiger partial charge in [0.2, 0.25) is 0 Å². The summed E-state index contributed by atoms with van der Waals surface area (Å²) < 4.78 is 19.0. The first-order valence-corrected chi connectivity index (χ1v) is 7.70. The normalized spacial score (nSPS) is 12.9. The van der Waals surface area contributed by atoms with Crippen LogP contribution >= 0.6 is 0 Å². The molecule has 0 radical (unpaired) electrons. The number of halogens is 1. The van der Waals surface area contributed by atoms with E-state index in [2.05, 4.69) is 5.48 Å². The van der Waals surface area contributed by atoms with Gasteiger partial charge in [-0.1, -0.05) is 18.2 Å². The Kier molecular flexibility index (Phi) is 4.51. The zero-order valence-corrected chi connectivity index (χ0v) is 13.6. The summed E-state index contributed by atoms with van der Waals surface area (Å²) in [4.78, 5) is 17.1. The van der Waals surface area contributed by atoms with Crippen molar-refractivity contribution in [2.75, 3.05) is 7.11 Å². The van der Waals surface area contributed by atoms with Gasteiger partial charge in [0, 0.05) is 5.56 Å². The smallest absolute Gasteiger partial charge is 0.365 e. The van der Waals surface area contributed by atoms with E-state index in [9.17, 15) is 9.18 Å². The monoisotopic (exact) mass is 327 g/mol. The molecule has 0 amide bonds. The molecular formula is C19H18FNO3. The van der Waals surface area contributed by atoms with E-state index in [-0.39, 0.29) is 5.56 Å². The first kappa shape index (κ1) is 16.1. The molecule has 1 N–H and O–H groups in total. The van der Waals surface area contributed by atoms with Crippen LogP contribution in [0.25, 0.3) is 5.70 Å². The number of carbonyl (C=O) groups excluding carboxylic acids is 1. The van der Waals surface area contributed by atoms with Gasteiger partial charge in [-0.3, -0.25) is 0 Å². The van der Waals surface area contributed by atoms with Gasteiger partial charge in [-0.15, -0.1) is 0 Å². The molecule has 0 saturated carbocycles. The van der Waals surface area contributed by atoms with E-state index in [0.717, 1.165) is 35.3 Å². The molecule has 0 heterocycles. The summed E-state index contributed by atoms with van der Waals surface area (Å²) in [6.45, 7) is 2.01. The Balaban J connectivity index is 1.78. The van der Waals surface area contributed by atoms with Crippen LogP contribution in [0.5, 0.6) is 5.75 Å². The molecule has 4 nitrogen and oxygen atoms in total. The molecule has 0 bridgehead atoms. The van der Waals surface area contributed by atoms with Crippen molar-refractivity contribution >= 4 is 11.7 Å². The van der Waals surface area contributed by atoms with Gasteiger partial charge in [0.25, 0.3) is 0 Å². The van der Waals surface area contributed by atoms with Crippen molar-refractivity contribution in [3.63, 3.8) is 0 Å². The molecule has 0 spiro atoms. The molecule has 2 aromatic carbocycles. The molecule has 124 valence electrons. The summed E-state index contributed by atoms with van der Waals surface area (Å²) in [6, 6.07) is 9.53. The number of hydrogen-bond donors (Lipinski definition) is 1. The average Bonchev–Trinajstić information content (AvgIpc) is 2.60. The van der Waals surface area contributed by atoms with Gasteiger partial charge in [0.1, 0.15) is 11.6 Å². The minimum atomic E-state index is -0.758. The van der Waals surface area contributed by atoms with Crippen LogP contribution in [0.3, 0.4) is 0 Å². The number of allylic oxidation sites excluding steroid dienone is 1. The van der Waals surface area contributed by atoms with E-state index in [4.69, 9.17) is 9.57 Å². The number of hydrogen-bond acceptors (Lipinski definition) is 4. The summed E-state index contributed by atoms with van der Waals surface area (Å²) in [6.07, 6.45) is 3.67. The van der Waals surface area contributed by atoms with E-state index < -0.39 is 11.8 Å². The molecule has 0 aromatic heterocycles. The Labute approximate surface area is 139 Å².